The summed E-state index contributed by atoms with van der Waals surface area (Å²) in [6, 6.07) is 25.1. The average Bonchev–Trinajstić information content (AvgIpc) is 2.83. The minimum Gasteiger partial charge on any atom is -0.489 e. The molecule has 3 aromatic rings. The van der Waals surface area contributed by atoms with E-state index in [0.29, 0.717) is 30.3 Å². The lowest BCUT2D eigenvalue weighted by Crippen LogP contribution is -2.09. The number of benzene rings is 3. The summed E-state index contributed by atoms with van der Waals surface area (Å²) >= 11 is 0. The van der Waals surface area contributed by atoms with Gasteiger partial charge in [0.05, 0.1) is 13.2 Å². The van der Waals surface area contributed by atoms with Gasteiger partial charge in [-0.3, -0.25) is 4.57 Å². The molecule has 0 aliphatic heterocycles. The van der Waals surface area contributed by atoms with Gasteiger partial charge in [0, 0.05) is 18.7 Å². The zero-order valence-electron chi connectivity index (χ0n) is 19.3. The van der Waals surface area contributed by atoms with Crippen LogP contribution in [0.1, 0.15) is 36.4 Å². The van der Waals surface area contributed by atoms with E-state index in [1.165, 1.54) is 7.11 Å². The lowest BCUT2D eigenvalue weighted by Gasteiger charge is -2.26. The smallest absolute Gasteiger partial charge is 0.363 e. The Morgan fingerprint density at radius 2 is 1.18 bits per heavy atom. The van der Waals surface area contributed by atoms with Crippen molar-refractivity contribution in [2.24, 2.45) is 0 Å². The Bertz CT molecular complexity index is 954. The van der Waals surface area contributed by atoms with Gasteiger partial charge in [0.2, 0.25) is 0 Å². The Morgan fingerprint density at radius 3 is 1.58 bits per heavy atom. The van der Waals surface area contributed by atoms with Crippen molar-refractivity contribution in [3.63, 3.8) is 0 Å². The van der Waals surface area contributed by atoms with E-state index in [9.17, 15) is 4.57 Å². The van der Waals surface area contributed by atoms with Gasteiger partial charge >= 0.3 is 7.60 Å². The van der Waals surface area contributed by atoms with Crippen LogP contribution in [-0.2, 0) is 31.6 Å². The number of methoxy groups -OCH3 is 1. The Balaban J connectivity index is 1.91. The largest absolute Gasteiger partial charge is 0.489 e. The number of hydrogen-bond donors (Lipinski definition) is 0. The van der Waals surface area contributed by atoms with Crippen molar-refractivity contribution in [1.29, 1.82) is 0 Å². The van der Waals surface area contributed by atoms with E-state index < -0.39 is 13.4 Å². The van der Waals surface area contributed by atoms with Crippen molar-refractivity contribution >= 4 is 7.60 Å². The Labute approximate surface area is 195 Å². The summed E-state index contributed by atoms with van der Waals surface area (Å²) in [5, 5.41) is 0. The standard InChI is InChI=1S/C26H31O6P/c1-4-31-33(27,32-5-2)26(28-3)23-16-24(29-19-21-12-8-6-9-13-21)18-25(17-23)30-20-22-14-10-7-11-15-22/h6-18,26H,4-5,19-20H2,1-3H3. The predicted molar refractivity (Wildman–Crippen MR) is 129 cm³/mol. The first-order valence-electron chi connectivity index (χ1n) is 11.0. The molecule has 0 aliphatic rings. The summed E-state index contributed by atoms with van der Waals surface area (Å²) in [6.07, 6.45) is 0. The van der Waals surface area contributed by atoms with E-state index in [0.717, 1.165) is 11.1 Å². The molecule has 0 aromatic heterocycles. The molecule has 0 radical (unpaired) electrons. The van der Waals surface area contributed by atoms with Crippen LogP contribution in [0.3, 0.4) is 0 Å². The summed E-state index contributed by atoms with van der Waals surface area (Å²) in [7, 11) is -2.09. The maximum absolute atomic E-state index is 13.5. The molecule has 0 N–H and O–H groups in total. The second-order valence-electron chi connectivity index (χ2n) is 7.25. The van der Waals surface area contributed by atoms with E-state index in [1.807, 2.05) is 66.7 Å². The van der Waals surface area contributed by atoms with Crippen LogP contribution < -0.4 is 9.47 Å². The van der Waals surface area contributed by atoms with E-state index in [-0.39, 0.29) is 13.2 Å². The molecule has 0 fully saturated rings. The SMILES string of the molecule is CCOP(=O)(OCC)C(OC)c1cc(OCc2ccccc2)cc(OCc2ccccc2)c1. The van der Waals surface area contributed by atoms with E-state index in [4.69, 9.17) is 23.3 Å². The third-order valence-electron chi connectivity index (χ3n) is 4.81. The Morgan fingerprint density at radius 1 is 0.727 bits per heavy atom. The summed E-state index contributed by atoms with van der Waals surface area (Å²) < 4.78 is 42.3. The summed E-state index contributed by atoms with van der Waals surface area (Å²) in [4.78, 5) is 0. The zero-order chi connectivity index (χ0) is 23.5. The first-order valence-corrected chi connectivity index (χ1v) is 12.6. The van der Waals surface area contributed by atoms with Gasteiger partial charge in [-0.2, -0.15) is 0 Å². The molecule has 0 aliphatic carbocycles. The van der Waals surface area contributed by atoms with Crippen LogP contribution in [0.5, 0.6) is 11.5 Å². The highest BCUT2D eigenvalue weighted by Gasteiger charge is 2.37. The molecule has 6 nitrogen and oxygen atoms in total. The molecule has 1 atom stereocenters. The van der Waals surface area contributed by atoms with Crippen molar-refractivity contribution in [1.82, 2.24) is 0 Å². The van der Waals surface area contributed by atoms with Crippen LogP contribution in [0, 0.1) is 0 Å². The number of ether oxygens (including phenoxy) is 3. The second-order valence-corrected chi connectivity index (χ2v) is 9.31. The van der Waals surface area contributed by atoms with Crippen molar-refractivity contribution in [3.8, 4) is 11.5 Å². The summed E-state index contributed by atoms with van der Waals surface area (Å²) in [5.41, 5.74) is 2.66. The average molecular weight is 471 g/mol. The molecule has 3 rings (SSSR count). The molecule has 0 heterocycles. The third kappa shape index (κ3) is 7.18. The van der Waals surface area contributed by atoms with Crippen molar-refractivity contribution in [2.45, 2.75) is 32.9 Å². The van der Waals surface area contributed by atoms with E-state index in [1.54, 1.807) is 26.0 Å². The number of hydrogen-bond acceptors (Lipinski definition) is 6. The summed E-state index contributed by atoms with van der Waals surface area (Å²) in [5.74, 6) is 0.221. The normalized spacial score (nSPS) is 12.3. The lowest BCUT2D eigenvalue weighted by molar-refractivity contribution is 0.109. The fraction of sp³-hybridized carbons (Fsp3) is 0.308. The maximum atomic E-state index is 13.5. The third-order valence-corrected chi connectivity index (χ3v) is 7.13. The van der Waals surface area contributed by atoms with Crippen LogP contribution in [0.2, 0.25) is 0 Å². The molecule has 0 bridgehead atoms. The highest BCUT2D eigenvalue weighted by Crippen LogP contribution is 2.61. The maximum Gasteiger partial charge on any atom is 0.363 e. The molecule has 7 heteroatoms. The van der Waals surface area contributed by atoms with Crippen LogP contribution in [-0.4, -0.2) is 20.3 Å². The molecule has 0 saturated heterocycles. The van der Waals surface area contributed by atoms with Gasteiger partial charge in [-0.25, -0.2) is 0 Å². The molecule has 3 aromatic carbocycles. The van der Waals surface area contributed by atoms with Gasteiger partial charge in [-0.05, 0) is 37.1 Å². The first-order chi connectivity index (χ1) is 16.1. The molecule has 0 saturated carbocycles. The highest BCUT2D eigenvalue weighted by atomic mass is 31.2. The van der Waals surface area contributed by atoms with Crippen molar-refractivity contribution in [2.75, 3.05) is 20.3 Å². The van der Waals surface area contributed by atoms with Gasteiger partial charge in [0.1, 0.15) is 24.7 Å². The van der Waals surface area contributed by atoms with Gasteiger partial charge in [-0.15, -0.1) is 0 Å². The first kappa shape index (κ1) is 25.0. The fourth-order valence-corrected chi connectivity index (χ4v) is 5.20. The molecule has 1 unspecified atom stereocenters. The topological polar surface area (TPSA) is 63.2 Å². The lowest BCUT2D eigenvalue weighted by atomic mass is 10.2. The molecule has 33 heavy (non-hydrogen) atoms. The second kappa shape index (κ2) is 12.6. The Kier molecular flexibility index (Phi) is 9.52. The van der Waals surface area contributed by atoms with Gasteiger partial charge in [0.25, 0.3) is 0 Å². The quantitative estimate of drug-likeness (QED) is 0.257. The predicted octanol–water partition coefficient (Wildman–Crippen LogP) is 6.76. The van der Waals surface area contributed by atoms with Crippen molar-refractivity contribution < 1.29 is 27.8 Å². The highest BCUT2D eigenvalue weighted by molar-refractivity contribution is 7.54. The summed E-state index contributed by atoms with van der Waals surface area (Å²) in [6.45, 7) is 4.78. The minimum absolute atomic E-state index is 0.235. The minimum atomic E-state index is -3.58. The molecular weight excluding hydrogens is 439 g/mol. The van der Waals surface area contributed by atoms with E-state index >= 15 is 0 Å². The van der Waals surface area contributed by atoms with Crippen LogP contribution in [0.25, 0.3) is 0 Å². The fourth-order valence-electron chi connectivity index (χ4n) is 3.37. The Hall–Kier alpha value is -2.63. The van der Waals surface area contributed by atoms with Crippen LogP contribution in [0.15, 0.2) is 78.9 Å². The number of rotatable bonds is 13. The van der Waals surface area contributed by atoms with Crippen LogP contribution in [0.4, 0.5) is 0 Å². The van der Waals surface area contributed by atoms with Gasteiger partial charge < -0.3 is 23.3 Å². The van der Waals surface area contributed by atoms with Gasteiger partial charge in [-0.1, -0.05) is 60.7 Å². The zero-order valence-corrected chi connectivity index (χ0v) is 20.2. The molecule has 0 amide bonds. The van der Waals surface area contributed by atoms with Crippen molar-refractivity contribution in [3.05, 3.63) is 95.6 Å². The molecular formula is C26H31O6P. The van der Waals surface area contributed by atoms with Crippen LogP contribution >= 0.6 is 7.60 Å². The van der Waals surface area contributed by atoms with Gasteiger partial charge in [0.15, 0.2) is 5.85 Å². The molecule has 176 valence electrons. The monoisotopic (exact) mass is 470 g/mol. The molecule has 0 spiro atoms. The van der Waals surface area contributed by atoms with E-state index in [2.05, 4.69) is 0 Å².